The maximum absolute atomic E-state index is 13.0. The molecule has 2 atom stereocenters. The number of rotatable bonds is 5. The van der Waals surface area contributed by atoms with Gasteiger partial charge in [0, 0.05) is 19.0 Å². The summed E-state index contributed by atoms with van der Waals surface area (Å²) in [6.45, 7) is 6.12. The molecule has 0 spiro atoms. The molecular weight excluding hydrogens is 271 g/mol. The van der Waals surface area contributed by atoms with Crippen LogP contribution in [0.3, 0.4) is 0 Å². The van der Waals surface area contributed by atoms with Gasteiger partial charge in [0.15, 0.2) is 0 Å². The number of morpholine rings is 1. The van der Waals surface area contributed by atoms with E-state index in [2.05, 4.69) is 10.6 Å². The van der Waals surface area contributed by atoms with Crippen LogP contribution in [0.1, 0.15) is 31.9 Å². The summed E-state index contributed by atoms with van der Waals surface area (Å²) < 4.78 is 18.4. The molecule has 0 aliphatic carbocycles. The molecule has 1 amide bonds. The SMILES string of the molecule is CC(C)C(NC(=O)CC1COCCN1)c1ccc(F)cc1. The van der Waals surface area contributed by atoms with Crippen molar-refractivity contribution < 1.29 is 13.9 Å². The molecule has 4 nitrogen and oxygen atoms in total. The van der Waals surface area contributed by atoms with Gasteiger partial charge in [-0.15, -0.1) is 0 Å². The highest BCUT2D eigenvalue weighted by atomic mass is 19.1. The number of hydrogen-bond acceptors (Lipinski definition) is 3. The Labute approximate surface area is 125 Å². The molecule has 0 bridgehead atoms. The van der Waals surface area contributed by atoms with Crippen LogP contribution in [-0.4, -0.2) is 31.7 Å². The molecule has 0 saturated carbocycles. The summed E-state index contributed by atoms with van der Waals surface area (Å²) in [6, 6.07) is 6.26. The van der Waals surface area contributed by atoms with Crippen LogP contribution in [0.15, 0.2) is 24.3 Å². The van der Waals surface area contributed by atoms with Crippen molar-refractivity contribution in [1.29, 1.82) is 0 Å². The van der Waals surface area contributed by atoms with Crippen molar-refractivity contribution in [2.75, 3.05) is 19.8 Å². The lowest BCUT2D eigenvalue weighted by molar-refractivity contribution is -0.123. The van der Waals surface area contributed by atoms with Gasteiger partial charge in [0.1, 0.15) is 5.82 Å². The van der Waals surface area contributed by atoms with E-state index < -0.39 is 0 Å². The van der Waals surface area contributed by atoms with E-state index in [1.54, 1.807) is 12.1 Å². The molecule has 116 valence electrons. The van der Waals surface area contributed by atoms with Gasteiger partial charge >= 0.3 is 0 Å². The Balaban J connectivity index is 1.95. The van der Waals surface area contributed by atoms with Crippen molar-refractivity contribution in [1.82, 2.24) is 10.6 Å². The zero-order chi connectivity index (χ0) is 15.2. The van der Waals surface area contributed by atoms with Crippen LogP contribution < -0.4 is 10.6 Å². The Bertz CT molecular complexity index is 456. The topological polar surface area (TPSA) is 50.4 Å². The highest BCUT2D eigenvalue weighted by Crippen LogP contribution is 2.22. The minimum atomic E-state index is -0.267. The first kappa shape index (κ1) is 15.9. The Morgan fingerprint density at radius 3 is 2.71 bits per heavy atom. The predicted octanol–water partition coefficient (Wildman–Crippen LogP) is 2.02. The van der Waals surface area contributed by atoms with E-state index >= 15 is 0 Å². The number of carbonyl (C=O) groups is 1. The molecule has 2 N–H and O–H groups in total. The lowest BCUT2D eigenvalue weighted by Gasteiger charge is -2.26. The smallest absolute Gasteiger partial charge is 0.222 e. The largest absolute Gasteiger partial charge is 0.378 e. The van der Waals surface area contributed by atoms with Gasteiger partial charge in [0.2, 0.25) is 5.91 Å². The number of amides is 1. The van der Waals surface area contributed by atoms with E-state index in [9.17, 15) is 9.18 Å². The Morgan fingerprint density at radius 1 is 1.43 bits per heavy atom. The van der Waals surface area contributed by atoms with Crippen LogP contribution in [0.5, 0.6) is 0 Å². The molecule has 1 heterocycles. The molecule has 1 aromatic carbocycles. The zero-order valence-electron chi connectivity index (χ0n) is 12.6. The molecule has 5 heteroatoms. The molecule has 2 unspecified atom stereocenters. The molecule has 1 saturated heterocycles. The van der Waals surface area contributed by atoms with E-state index in [0.29, 0.717) is 19.6 Å². The van der Waals surface area contributed by atoms with E-state index in [1.165, 1.54) is 12.1 Å². The first-order valence-electron chi connectivity index (χ1n) is 7.42. The van der Waals surface area contributed by atoms with Crippen molar-refractivity contribution in [3.63, 3.8) is 0 Å². The van der Waals surface area contributed by atoms with E-state index in [1.807, 2.05) is 13.8 Å². The first-order chi connectivity index (χ1) is 10.1. The lowest BCUT2D eigenvalue weighted by Crippen LogP contribution is -2.45. The second kappa shape index (κ2) is 7.52. The van der Waals surface area contributed by atoms with Crippen LogP contribution >= 0.6 is 0 Å². The number of benzene rings is 1. The molecule has 1 fully saturated rings. The van der Waals surface area contributed by atoms with Crippen LogP contribution in [0.4, 0.5) is 4.39 Å². The predicted molar refractivity (Wildman–Crippen MR) is 79.3 cm³/mol. The van der Waals surface area contributed by atoms with Crippen LogP contribution in [0.25, 0.3) is 0 Å². The van der Waals surface area contributed by atoms with Crippen molar-refractivity contribution in [3.8, 4) is 0 Å². The Morgan fingerprint density at radius 2 is 2.14 bits per heavy atom. The summed E-state index contributed by atoms with van der Waals surface area (Å²) in [4.78, 5) is 12.2. The summed E-state index contributed by atoms with van der Waals surface area (Å²) in [5.74, 6) is -0.0489. The molecule has 0 aromatic heterocycles. The fourth-order valence-electron chi connectivity index (χ4n) is 2.51. The van der Waals surface area contributed by atoms with Gasteiger partial charge in [-0.25, -0.2) is 4.39 Å². The zero-order valence-corrected chi connectivity index (χ0v) is 12.6. The molecule has 0 radical (unpaired) electrons. The van der Waals surface area contributed by atoms with Gasteiger partial charge in [0.25, 0.3) is 0 Å². The molecule has 1 aliphatic heterocycles. The lowest BCUT2D eigenvalue weighted by atomic mass is 9.95. The second-order valence-electron chi connectivity index (χ2n) is 5.77. The van der Waals surface area contributed by atoms with Gasteiger partial charge in [0.05, 0.1) is 19.3 Å². The molecule has 1 aliphatic rings. The van der Waals surface area contributed by atoms with E-state index in [4.69, 9.17) is 4.74 Å². The summed E-state index contributed by atoms with van der Waals surface area (Å²) in [6.07, 6.45) is 0.393. The number of carbonyl (C=O) groups excluding carboxylic acids is 1. The maximum Gasteiger partial charge on any atom is 0.222 e. The molecular formula is C16H23FN2O2. The monoisotopic (exact) mass is 294 g/mol. The van der Waals surface area contributed by atoms with E-state index in [0.717, 1.165) is 12.1 Å². The fourth-order valence-corrected chi connectivity index (χ4v) is 2.51. The fraction of sp³-hybridized carbons (Fsp3) is 0.562. The summed E-state index contributed by atoms with van der Waals surface area (Å²) in [5, 5.41) is 6.31. The first-order valence-corrected chi connectivity index (χ1v) is 7.42. The van der Waals surface area contributed by atoms with Crippen molar-refractivity contribution in [3.05, 3.63) is 35.6 Å². The molecule has 21 heavy (non-hydrogen) atoms. The van der Waals surface area contributed by atoms with Gasteiger partial charge in [-0.3, -0.25) is 4.79 Å². The minimum Gasteiger partial charge on any atom is -0.378 e. The van der Waals surface area contributed by atoms with Crippen molar-refractivity contribution in [2.45, 2.75) is 32.4 Å². The summed E-state index contributed by atoms with van der Waals surface area (Å²) >= 11 is 0. The van der Waals surface area contributed by atoms with Gasteiger partial charge < -0.3 is 15.4 Å². The van der Waals surface area contributed by atoms with Gasteiger partial charge in [-0.2, -0.15) is 0 Å². The standard InChI is InChI=1S/C16H23FN2O2/c1-11(2)16(12-3-5-13(17)6-4-12)19-15(20)9-14-10-21-8-7-18-14/h3-6,11,14,16,18H,7-10H2,1-2H3,(H,19,20). The van der Waals surface area contributed by atoms with Crippen LogP contribution in [-0.2, 0) is 9.53 Å². The third-order valence-electron chi connectivity index (χ3n) is 3.64. The quantitative estimate of drug-likeness (QED) is 0.873. The number of hydrogen-bond donors (Lipinski definition) is 2. The summed E-state index contributed by atoms with van der Waals surface area (Å²) in [5.41, 5.74) is 0.924. The third kappa shape index (κ3) is 4.79. The maximum atomic E-state index is 13.0. The molecule has 1 aromatic rings. The highest BCUT2D eigenvalue weighted by Gasteiger charge is 2.22. The number of ether oxygens (including phenoxy) is 1. The number of nitrogens with one attached hydrogen (secondary N) is 2. The average Bonchev–Trinajstić information content (AvgIpc) is 2.47. The highest BCUT2D eigenvalue weighted by molar-refractivity contribution is 5.77. The van der Waals surface area contributed by atoms with Gasteiger partial charge in [-0.05, 0) is 23.6 Å². The minimum absolute atomic E-state index is 0.0129. The van der Waals surface area contributed by atoms with Crippen molar-refractivity contribution in [2.24, 2.45) is 5.92 Å². The normalized spacial score (nSPS) is 20.3. The Kier molecular flexibility index (Phi) is 5.70. The average molecular weight is 294 g/mol. The molecule has 2 rings (SSSR count). The summed E-state index contributed by atoms with van der Waals surface area (Å²) in [7, 11) is 0. The second-order valence-corrected chi connectivity index (χ2v) is 5.77. The van der Waals surface area contributed by atoms with E-state index in [-0.39, 0.29) is 29.7 Å². The Hall–Kier alpha value is -1.46. The van der Waals surface area contributed by atoms with Crippen LogP contribution in [0, 0.1) is 11.7 Å². The van der Waals surface area contributed by atoms with Crippen molar-refractivity contribution >= 4 is 5.91 Å². The number of halogens is 1. The van der Waals surface area contributed by atoms with Gasteiger partial charge in [-0.1, -0.05) is 26.0 Å². The third-order valence-corrected chi connectivity index (χ3v) is 3.64. The van der Waals surface area contributed by atoms with Crippen LogP contribution in [0.2, 0.25) is 0 Å².